The molecule has 4 nitrogen and oxygen atoms in total. The minimum Gasteiger partial charge on any atom is -0.503 e. The number of alkyl halides is 4. The number of nitrogens with zero attached hydrogens (tertiary/aromatic N) is 1. The third-order valence-corrected chi connectivity index (χ3v) is 1.86. The topological polar surface area (TPSA) is 51.6 Å². The molecule has 0 atom stereocenters. The summed E-state index contributed by atoms with van der Waals surface area (Å²) in [5.41, 5.74) is 0.0350. The fourth-order valence-corrected chi connectivity index (χ4v) is 1.16. The van der Waals surface area contributed by atoms with Crippen molar-refractivity contribution in [3.8, 4) is 17.5 Å². The Balaban J connectivity index is 3.12. The molecular weight excluding hydrogens is 251 g/mol. The molecule has 0 saturated carbocycles. The van der Waals surface area contributed by atoms with E-state index in [9.17, 15) is 18.3 Å². The van der Waals surface area contributed by atoms with Gasteiger partial charge >= 0.3 is 6.36 Å². The Kier molecular flexibility index (Phi) is 3.69. The lowest BCUT2D eigenvalue weighted by molar-refractivity contribution is -0.276. The highest BCUT2D eigenvalue weighted by atomic mass is 35.5. The molecule has 0 bridgehead atoms. The van der Waals surface area contributed by atoms with Gasteiger partial charge in [-0.2, -0.15) is 4.98 Å². The van der Waals surface area contributed by atoms with Gasteiger partial charge in [-0.05, 0) is 0 Å². The first kappa shape index (κ1) is 12.7. The van der Waals surface area contributed by atoms with Crippen LogP contribution in [-0.2, 0) is 5.88 Å². The summed E-state index contributed by atoms with van der Waals surface area (Å²) in [4.78, 5) is 3.31. The Morgan fingerprint density at radius 1 is 1.50 bits per heavy atom. The molecule has 0 aliphatic carbocycles. The van der Waals surface area contributed by atoms with E-state index in [2.05, 4.69) is 14.5 Å². The molecule has 0 unspecified atom stereocenters. The number of hydrogen-bond donors (Lipinski definition) is 1. The van der Waals surface area contributed by atoms with Crippen LogP contribution in [0.3, 0.4) is 0 Å². The van der Waals surface area contributed by atoms with Crippen LogP contribution in [0.1, 0.15) is 5.56 Å². The number of rotatable bonds is 3. The third-order valence-electron chi connectivity index (χ3n) is 1.57. The van der Waals surface area contributed by atoms with Crippen molar-refractivity contribution >= 4 is 11.6 Å². The molecule has 0 radical (unpaired) electrons. The quantitative estimate of drug-likeness (QED) is 0.845. The Hall–Kier alpha value is -1.37. The number of aromatic nitrogens is 1. The minimum atomic E-state index is -4.86. The first-order valence-corrected chi connectivity index (χ1v) is 4.49. The molecule has 1 heterocycles. The Labute approximate surface area is 93.6 Å². The SMILES string of the molecule is COc1nc(OC(F)(F)F)cc(CCl)c1O. The van der Waals surface area contributed by atoms with Crippen LogP contribution in [0.4, 0.5) is 13.2 Å². The molecule has 0 fully saturated rings. The van der Waals surface area contributed by atoms with Crippen LogP contribution in [0.2, 0.25) is 0 Å². The molecule has 0 spiro atoms. The number of hydrogen-bond acceptors (Lipinski definition) is 4. The second-order valence-corrected chi connectivity index (χ2v) is 2.93. The average Bonchev–Trinajstić information content (AvgIpc) is 2.18. The molecule has 8 heteroatoms. The summed E-state index contributed by atoms with van der Waals surface area (Å²) >= 11 is 5.42. The Morgan fingerprint density at radius 2 is 2.12 bits per heavy atom. The summed E-state index contributed by atoms with van der Waals surface area (Å²) in [6.45, 7) is 0. The monoisotopic (exact) mass is 257 g/mol. The largest absolute Gasteiger partial charge is 0.574 e. The fraction of sp³-hybridized carbons (Fsp3) is 0.375. The number of aromatic hydroxyl groups is 1. The van der Waals surface area contributed by atoms with Crippen molar-refractivity contribution in [2.24, 2.45) is 0 Å². The van der Waals surface area contributed by atoms with E-state index in [-0.39, 0.29) is 17.3 Å². The molecule has 1 N–H and O–H groups in total. The van der Waals surface area contributed by atoms with E-state index in [4.69, 9.17) is 11.6 Å². The van der Waals surface area contributed by atoms with Gasteiger partial charge in [-0.1, -0.05) is 0 Å². The lowest BCUT2D eigenvalue weighted by Crippen LogP contribution is -2.18. The molecule has 16 heavy (non-hydrogen) atoms. The normalized spacial score (nSPS) is 11.3. The summed E-state index contributed by atoms with van der Waals surface area (Å²) in [5.74, 6) is -1.72. The van der Waals surface area contributed by atoms with Gasteiger partial charge in [0.1, 0.15) is 0 Å². The summed E-state index contributed by atoms with van der Waals surface area (Å²) in [6, 6.07) is 0.887. The summed E-state index contributed by atoms with van der Waals surface area (Å²) in [6.07, 6.45) is -4.86. The number of ether oxygens (including phenoxy) is 2. The zero-order chi connectivity index (χ0) is 12.3. The minimum absolute atomic E-state index is 0.0350. The Bertz CT molecular complexity index is 358. The maximum atomic E-state index is 11.9. The molecule has 0 aromatic carbocycles. The number of halogens is 4. The summed E-state index contributed by atoms with van der Waals surface area (Å²) in [5, 5.41) is 9.40. The second kappa shape index (κ2) is 4.65. The van der Waals surface area contributed by atoms with Gasteiger partial charge in [-0.3, -0.25) is 0 Å². The molecule has 0 amide bonds. The van der Waals surface area contributed by atoms with Crippen LogP contribution in [0.25, 0.3) is 0 Å². The lowest BCUT2D eigenvalue weighted by atomic mass is 10.2. The maximum Gasteiger partial charge on any atom is 0.574 e. The Morgan fingerprint density at radius 3 is 2.56 bits per heavy atom. The van der Waals surface area contributed by atoms with Gasteiger partial charge in [0.15, 0.2) is 5.75 Å². The molecule has 90 valence electrons. The smallest absolute Gasteiger partial charge is 0.503 e. The van der Waals surface area contributed by atoms with Gasteiger partial charge in [0.05, 0.1) is 13.0 Å². The first-order chi connectivity index (χ1) is 7.37. The van der Waals surface area contributed by atoms with Crippen molar-refractivity contribution in [2.45, 2.75) is 12.2 Å². The van der Waals surface area contributed by atoms with Gasteiger partial charge in [-0.25, -0.2) is 0 Å². The average molecular weight is 258 g/mol. The highest BCUT2D eigenvalue weighted by Crippen LogP contribution is 2.33. The van der Waals surface area contributed by atoms with E-state index in [0.717, 1.165) is 13.2 Å². The predicted molar refractivity (Wildman–Crippen MR) is 48.7 cm³/mol. The summed E-state index contributed by atoms with van der Waals surface area (Å²) < 4.78 is 43.9. The van der Waals surface area contributed by atoms with Crippen LogP contribution >= 0.6 is 11.6 Å². The van der Waals surface area contributed by atoms with Crippen molar-refractivity contribution < 1.29 is 27.8 Å². The van der Waals surface area contributed by atoms with Crippen molar-refractivity contribution in [2.75, 3.05) is 7.11 Å². The zero-order valence-corrected chi connectivity index (χ0v) is 8.76. The van der Waals surface area contributed by atoms with E-state index in [1.54, 1.807) is 0 Å². The maximum absolute atomic E-state index is 11.9. The van der Waals surface area contributed by atoms with Gasteiger partial charge in [0.25, 0.3) is 5.88 Å². The van der Waals surface area contributed by atoms with E-state index < -0.39 is 18.0 Å². The molecule has 1 rings (SSSR count). The van der Waals surface area contributed by atoms with Crippen LogP contribution in [-0.4, -0.2) is 23.6 Å². The van der Waals surface area contributed by atoms with E-state index >= 15 is 0 Å². The predicted octanol–water partition coefficient (Wildman–Crippen LogP) is 2.43. The molecule has 0 saturated heterocycles. The fourth-order valence-electron chi connectivity index (χ4n) is 0.955. The van der Waals surface area contributed by atoms with E-state index in [1.165, 1.54) is 0 Å². The number of pyridine rings is 1. The van der Waals surface area contributed by atoms with Crippen molar-refractivity contribution in [3.63, 3.8) is 0 Å². The van der Waals surface area contributed by atoms with Crippen LogP contribution in [0.5, 0.6) is 17.5 Å². The lowest BCUT2D eigenvalue weighted by Gasteiger charge is -2.11. The molecule has 0 aliphatic heterocycles. The molecule has 1 aromatic heterocycles. The van der Waals surface area contributed by atoms with E-state index in [1.807, 2.05) is 0 Å². The van der Waals surface area contributed by atoms with Crippen molar-refractivity contribution in [3.05, 3.63) is 11.6 Å². The summed E-state index contributed by atoms with van der Waals surface area (Å²) in [7, 11) is 1.15. The van der Waals surface area contributed by atoms with Gasteiger partial charge in [0, 0.05) is 11.6 Å². The highest BCUT2D eigenvalue weighted by molar-refractivity contribution is 6.17. The van der Waals surface area contributed by atoms with Crippen LogP contribution < -0.4 is 9.47 Å². The van der Waals surface area contributed by atoms with E-state index in [0.29, 0.717) is 0 Å². The molecule has 0 aliphatic rings. The highest BCUT2D eigenvalue weighted by Gasteiger charge is 2.32. The van der Waals surface area contributed by atoms with Crippen molar-refractivity contribution in [1.29, 1.82) is 0 Å². The van der Waals surface area contributed by atoms with Gasteiger partial charge < -0.3 is 14.6 Å². The van der Waals surface area contributed by atoms with Gasteiger partial charge in [-0.15, -0.1) is 24.8 Å². The third kappa shape index (κ3) is 3.06. The molecule has 1 aromatic rings. The second-order valence-electron chi connectivity index (χ2n) is 2.66. The number of methoxy groups -OCH3 is 1. The zero-order valence-electron chi connectivity index (χ0n) is 8.01. The standard InChI is InChI=1S/C8H7ClF3NO3/c1-15-7-6(14)4(3-9)2-5(13-7)16-8(10,11)12/h2,14H,3H2,1H3. The van der Waals surface area contributed by atoms with Crippen molar-refractivity contribution in [1.82, 2.24) is 4.98 Å². The first-order valence-electron chi connectivity index (χ1n) is 3.96. The van der Waals surface area contributed by atoms with Crippen LogP contribution in [0, 0.1) is 0 Å². The molecular formula is C8H7ClF3NO3. The van der Waals surface area contributed by atoms with Crippen LogP contribution in [0.15, 0.2) is 6.07 Å². The van der Waals surface area contributed by atoms with Gasteiger partial charge in [0.2, 0.25) is 5.88 Å².